The van der Waals surface area contributed by atoms with Crippen LogP contribution >= 0.6 is 0 Å². The average Bonchev–Trinajstić information content (AvgIpc) is 2.86. The minimum atomic E-state index is -0.0729. The lowest BCUT2D eigenvalue weighted by atomic mass is 10.3. The highest BCUT2D eigenvalue weighted by atomic mass is 16.1. The lowest BCUT2D eigenvalue weighted by Crippen LogP contribution is -2.04. The third-order valence-corrected chi connectivity index (χ3v) is 2.88. The van der Waals surface area contributed by atoms with Crippen molar-refractivity contribution < 1.29 is 4.79 Å². The zero-order chi connectivity index (χ0) is 14.5. The van der Waals surface area contributed by atoms with Crippen LogP contribution in [0.15, 0.2) is 47.7 Å². The lowest BCUT2D eigenvalue weighted by Gasteiger charge is -2.04. The second-order valence-corrected chi connectivity index (χ2v) is 4.97. The average molecular weight is 269 g/mol. The summed E-state index contributed by atoms with van der Waals surface area (Å²) in [5.41, 5.74) is 2.71. The van der Waals surface area contributed by atoms with E-state index >= 15 is 0 Å². The van der Waals surface area contributed by atoms with Gasteiger partial charge in [-0.15, -0.1) is 0 Å². The van der Waals surface area contributed by atoms with E-state index in [0.29, 0.717) is 6.04 Å². The second-order valence-electron chi connectivity index (χ2n) is 4.97. The lowest BCUT2D eigenvalue weighted by molar-refractivity contribution is -0.114. The molecule has 2 rings (SSSR count). The van der Waals surface area contributed by atoms with Gasteiger partial charge in [-0.05, 0) is 44.2 Å². The van der Waals surface area contributed by atoms with Gasteiger partial charge in [0.05, 0.1) is 5.69 Å². The molecule has 0 aliphatic rings. The quantitative estimate of drug-likeness (QED) is 0.844. The van der Waals surface area contributed by atoms with E-state index in [-0.39, 0.29) is 5.91 Å². The number of aliphatic imine (C=N–C) groups is 1. The van der Waals surface area contributed by atoms with Crippen molar-refractivity contribution in [1.82, 2.24) is 4.57 Å². The molecule has 0 radical (unpaired) electrons. The van der Waals surface area contributed by atoms with Crippen molar-refractivity contribution in [3.63, 3.8) is 0 Å². The predicted molar refractivity (Wildman–Crippen MR) is 82.8 cm³/mol. The number of anilines is 1. The highest BCUT2D eigenvalue weighted by molar-refractivity contribution is 5.89. The Morgan fingerprint density at radius 2 is 1.95 bits per heavy atom. The molecule has 0 saturated heterocycles. The van der Waals surface area contributed by atoms with Crippen LogP contribution in [0.4, 0.5) is 11.4 Å². The molecule has 0 unspecified atom stereocenters. The second kappa shape index (κ2) is 6.19. The van der Waals surface area contributed by atoms with E-state index in [4.69, 9.17) is 0 Å². The zero-order valence-electron chi connectivity index (χ0n) is 12.0. The van der Waals surface area contributed by atoms with Crippen LogP contribution in [0, 0.1) is 0 Å². The topological polar surface area (TPSA) is 46.4 Å². The van der Waals surface area contributed by atoms with Gasteiger partial charge in [0, 0.05) is 42.8 Å². The van der Waals surface area contributed by atoms with Crippen molar-refractivity contribution >= 4 is 23.5 Å². The summed E-state index contributed by atoms with van der Waals surface area (Å²) in [7, 11) is 0. The number of hydrogen-bond donors (Lipinski definition) is 1. The first kappa shape index (κ1) is 14.1. The predicted octanol–water partition coefficient (Wildman–Crippen LogP) is 3.78. The SMILES string of the molecule is CC(=O)Nc1ccc(N=Cc2ccn(C(C)C)c2)cc1. The van der Waals surface area contributed by atoms with Gasteiger partial charge >= 0.3 is 0 Å². The summed E-state index contributed by atoms with van der Waals surface area (Å²) in [6.07, 6.45) is 5.96. The Morgan fingerprint density at radius 1 is 1.25 bits per heavy atom. The molecule has 104 valence electrons. The summed E-state index contributed by atoms with van der Waals surface area (Å²) in [5.74, 6) is -0.0729. The number of rotatable bonds is 4. The maximum atomic E-state index is 10.9. The van der Waals surface area contributed by atoms with Gasteiger partial charge in [-0.25, -0.2) is 0 Å². The van der Waals surface area contributed by atoms with Crippen molar-refractivity contribution in [3.8, 4) is 0 Å². The van der Waals surface area contributed by atoms with Crippen LogP contribution in [-0.2, 0) is 4.79 Å². The number of benzene rings is 1. The number of carbonyl (C=O) groups is 1. The summed E-state index contributed by atoms with van der Waals surface area (Å²) in [6, 6.07) is 9.92. The summed E-state index contributed by atoms with van der Waals surface area (Å²) in [5, 5.41) is 2.73. The van der Waals surface area contributed by atoms with Gasteiger partial charge in [-0.3, -0.25) is 9.79 Å². The normalized spacial score (nSPS) is 11.2. The fraction of sp³-hybridized carbons (Fsp3) is 0.250. The number of carbonyl (C=O) groups excluding carboxylic acids is 1. The Hall–Kier alpha value is -2.36. The molecule has 0 aliphatic carbocycles. The van der Waals surface area contributed by atoms with Crippen molar-refractivity contribution in [1.29, 1.82) is 0 Å². The first-order valence-electron chi connectivity index (χ1n) is 6.64. The molecule has 4 heteroatoms. The van der Waals surface area contributed by atoms with E-state index in [9.17, 15) is 4.79 Å². The van der Waals surface area contributed by atoms with E-state index in [0.717, 1.165) is 16.9 Å². The van der Waals surface area contributed by atoms with Crippen LogP contribution in [0.5, 0.6) is 0 Å². The highest BCUT2D eigenvalue weighted by Crippen LogP contribution is 2.16. The van der Waals surface area contributed by atoms with Gasteiger partial charge in [0.15, 0.2) is 0 Å². The van der Waals surface area contributed by atoms with Crippen LogP contribution in [0.25, 0.3) is 0 Å². The van der Waals surface area contributed by atoms with Gasteiger partial charge in [0.25, 0.3) is 0 Å². The number of aromatic nitrogens is 1. The smallest absolute Gasteiger partial charge is 0.221 e. The molecule has 0 spiro atoms. The Balaban J connectivity index is 2.05. The summed E-state index contributed by atoms with van der Waals surface area (Å²) < 4.78 is 2.14. The van der Waals surface area contributed by atoms with Crippen LogP contribution in [-0.4, -0.2) is 16.7 Å². The molecule has 0 bridgehead atoms. The maximum absolute atomic E-state index is 10.9. The minimum absolute atomic E-state index is 0.0729. The Labute approximate surface area is 119 Å². The van der Waals surface area contributed by atoms with Crippen molar-refractivity contribution in [2.75, 3.05) is 5.32 Å². The van der Waals surface area contributed by atoms with Gasteiger partial charge in [-0.2, -0.15) is 0 Å². The Morgan fingerprint density at radius 3 is 2.50 bits per heavy atom. The molecule has 1 heterocycles. The molecular weight excluding hydrogens is 250 g/mol. The molecule has 1 N–H and O–H groups in total. The molecular formula is C16H19N3O. The van der Waals surface area contributed by atoms with Gasteiger partial charge in [-0.1, -0.05) is 0 Å². The van der Waals surface area contributed by atoms with Crippen LogP contribution in [0.1, 0.15) is 32.4 Å². The summed E-state index contributed by atoms with van der Waals surface area (Å²) in [4.78, 5) is 15.3. The molecule has 0 saturated carbocycles. The van der Waals surface area contributed by atoms with Crippen LogP contribution in [0.2, 0.25) is 0 Å². The molecule has 0 fully saturated rings. The standard InChI is InChI=1S/C16H19N3O/c1-12(2)19-9-8-14(11-19)10-17-15-4-6-16(7-5-15)18-13(3)20/h4-12H,1-3H3,(H,18,20). The molecule has 0 aliphatic heterocycles. The minimum Gasteiger partial charge on any atom is -0.351 e. The van der Waals surface area contributed by atoms with E-state index in [1.165, 1.54) is 6.92 Å². The van der Waals surface area contributed by atoms with E-state index < -0.39 is 0 Å². The van der Waals surface area contributed by atoms with Crippen LogP contribution in [0.3, 0.4) is 0 Å². The largest absolute Gasteiger partial charge is 0.351 e. The third-order valence-electron chi connectivity index (χ3n) is 2.88. The number of nitrogens with zero attached hydrogens (tertiary/aromatic N) is 2. The number of amides is 1. The first-order valence-corrected chi connectivity index (χ1v) is 6.64. The summed E-state index contributed by atoms with van der Waals surface area (Å²) >= 11 is 0. The van der Waals surface area contributed by atoms with Crippen molar-refractivity contribution in [2.45, 2.75) is 26.8 Å². The van der Waals surface area contributed by atoms with E-state index in [2.05, 4.69) is 34.9 Å². The fourth-order valence-corrected chi connectivity index (χ4v) is 1.81. The molecule has 1 aromatic carbocycles. The van der Waals surface area contributed by atoms with E-state index in [1.54, 1.807) is 0 Å². The number of hydrogen-bond acceptors (Lipinski definition) is 2. The molecule has 2 aromatic rings. The van der Waals surface area contributed by atoms with Crippen LogP contribution < -0.4 is 5.32 Å². The highest BCUT2D eigenvalue weighted by Gasteiger charge is 1.98. The molecule has 20 heavy (non-hydrogen) atoms. The fourth-order valence-electron chi connectivity index (χ4n) is 1.81. The van der Waals surface area contributed by atoms with Crippen molar-refractivity contribution in [2.24, 2.45) is 4.99 Å². The van der Waals surface area contributed by atoms with Gasteiger partial charge in [0.1, 0.15) is 0 Å². The van der Waals surface area contributed by atoms with E-state index in [1.807, 2.05) is 42.7 Å². The zero-order valence-corrected chi connectivity index (χ0v) is 12.0. The summed E-state index contributed by atoms with van der Waals surface area (Å²) in [6.45, 7) is 5.77. The number of nitrogens with one attached hydrogen (secondary N) is 1. The van der Waals surface area contributed by atoms with Crippen molar-refractivity contribution in [3.05, 3.63) is 48.3 Å². The Bertz CT molecular complexity index is 609. The maximum Gasteiger partial charge on any atom is 0.221 e. The molecule has 1 amide bonds. The molecule has 0 atom stereocenters. The molecule has 1 aromatic heterocycles. The first-order chi connectivity index (χ1) is 9.54. The third kappa shape index (κ3) is 3.82. The van der Waals surface area contributed by atoms with Gasteiger partial charge in [0.2, 0.25) is 5.91 Å². The monoisotopic (exact) mass is 269 g/mol. The molecule has 4 nitrogen and oxygen atoms in total. The Kier molecular flexibility index (Phi) is 4.35. The van der Waals surface area contributed by atoms with Gasteiger partial charge < -0.3 is 9.88 Å².